The van der Waals surface area contributed by atoms with Gasteiger partial charge in [0, 0.05) is 53.5 Å². The Morgan fingerprint density at radius 1 is 1.12 bits per heavy atom. The zero-order valence-electron chi connectivity index (χ0n) is 23.8. The second-order valence-corrected chi connectivity index (χ2v) is 11.3. The van der Waals surface area contributed by atoms with Gasteiger partial charge in [-0.15, -0.1) is 0 Å². The van der Waals surface area contributed by atoms with Gasteiger partial charge in [0.2, 0.25) is 0 Å². The maximum Gasteiger partial charge on any atom is 0.306 e. The first kappa shape index (κ1) is 30.4. The zero-order chi connectivity index (χ0) is 30.6. The number of ether oxygens (including phenoxy) is 2. The summed E-state index contributed by atoms with van der Waals surface area (Å²) in [7, 11) is 0. The molecule has 0 amide bonds. The van der Waals surface area contributed by atoms with Crippen LogP contribution in [0.4, 0.5) is 8.78 Å². The van der Waals surface area contributed by atoms with Crippen LogP contribution < -0.4 is 4.74 Å². The van der Waals surface area contributed by atoms with Gasteiger partial charge in [-0.3, -0.25) is 4.79 Å². The summed E-state index contributed by atoms with van der Waals surface area (Å²) < 4.78 is 41.4. The van der Waals surface area contributed by atoms with Crippen molar-refractivity contribution in [2.75, 3.05) is 13.2 Å². The molecule has 2 heterocycles. The summed E-state index contributed by atoms with van der Waals surface area (Å²) in [5, 5.41) is 10.4. The standard InChI is InChI=1S/C33H32BrF2N3O4/c1-3-42-29(41)11-8-20-6-4-7-21(16-20)33(2,13-5-15-40)28-19-38-32(39-28)24-17-22(9-10-25(24)35)43-31-26(36)18-27-23(30(31)34)12-14-37-27/h4,6-7,9-10,12,14,16-19,37,40H,3,5,8,11,13,15H2,1-2H3,(H,38,39). The van der Waals surface area contributed by atoms with E-state index in [9.17, 15) is 14.3 Å². The Labute approximate surface area is 256 Å². The molecular formula is C33H32BrF2N3O4. The van der Waals surface area contributed by atoms with Crippen LogP contribution in [0.25, 0.3) is 22.3 Å². The predicted octanol–water partition coefficient (Wildman–Crippen LogP) is 7.97. The normalized spacial score (nSPS) is 12.8. The van der Waals surface area contributed by atoms with Gasteiger partial charge in [0.25, 0.3) is 0 Å². The monoisotopic (exact) mass is 651 g/mol. The highest BCUT2D eigenvalue weighted by Crippen LogP contribution is 2.40. The molecule has 7 nitrogen and oxygen atoms in total. The molecule has 10 heteroatoms. The minimum Gasteiger partial charge on any atom is -0.466 e. The fraction of sp³-hybridized carbons (Fsp3) is 0.273. The van der Waals surface area contributed by atoms with Crippen LogP contribution in [0.2, 0.25) is 0 Å². The topological polar surface area (TPSA) is 100 Å². The third kappa shape index (κ3) is 6.50. The van der Waals surface area contributed by atoms with Crippen LogP contribution in [-0.4, -0.2) is 39.2 Å². The third-order valence-corrected chi connectivity index (χ3v) is 8.40. The molecule has 3 aromatic carbocycles. The van der Waals surface area contributed by atoms with E-state index in [1.807, 2.05) is 31.2 Å². The van der Waals surface area contributed by atoms with Gasteiger partial charge < -0.3 is 24.5 Å². The number of hydrogen-bond acceptors (Lipinski definition) is 5. The van der Waals surface area contributed by atoms with Gasteiger partial charge in [0.1, 0.15) is 17.4 Å². The molecule has 0 aliphatic heterocycles. The Morgan fingerprint density at radius 3 is 2.74 bits per heavy atom. The molecule has 0 aliphatic rings. The molecule has 3 N–H and O–H groups in total. The summed E-state index contributed by atoms with van der Waals surface area (Å²) in [6.07, 6.45) is 5.30. The van der Waals surface area contributed by atoms with Crippen molar-refractivity contribution in [3.8, 4) is 22.9 Å². The summed E-state index contributed by atoms with van der Waals surface area (Å²) in [5.41, 5.74) is 2.86. The second kappa shape index (κ2) is 13.1. The molecule has 0 bridgehead atoms. The average molecular weight is 653 g/mol. The number of H-pyrrole nitrogens is 2. The van der Waals surface area contributed by atoms with E-state index in [0.717, 1.165) is 22.2 Å². The summed E-state index contributed by atoms with van der Waals surface area (Å²) in [4.78, 5) is 22.7. The van der Waals surface area contributed by atoms with Crippen LogP contribution in [0.15, 0.2) is 71.5 Å². The molecule has 224 valence electrons. The lowest BCUT2D eigenvalue weighted by Crippen LogP contribution is -2.25. The molecule has 0 saturated heterocycles. The van der Waals surface area contributed by atoms with Crippen LogP contribution in [0.5, 0.6) is 11.5 Å². The van der Waals surface area contributed by atoms with E-state index in [4.69, 9.17) is 9.47 Å². The Kier molecular flexibility index (Phi) is 9.27. The number of imidazole rings is 1. The van der Waals surface area contributed by atoms with Crippen molar-refractivity contribution in [1.82, 2.24) is 15.0 Å². The maximum absolute atomic E-state index is 15.1. The van der Waals surface area contributed by atoms with Crippen LogP contribution >= 0.6 is 15.9 Å². The molecule has 1 atom stereocenters. The molecule has 5 rings (SSSR count). The van der Waals surface area contributed by atoms with Crippen molar-refractivity contribution in [1.29, 1.82) is 0 Å². The number of aryl methyl sites for hydroxylation is 1. The number of aliphatic hydroxyl groups is 1. The number of carbonyl (C=O) groups excluding carboxylic acids is 1. The number of esters is 1. The number of nitrogens with zero attached hydrogens (tertiary/aromatic N) is 1. The number of aromatic amines is 2. The van der Waals surface area contributed by atoms with E-state index in [2.05, 4.69) is 30.9 Å². The zero-order valence-corrected chi connectivity index (χ0v) is 25.4. The van der Waals surface area contributed by atoms with E-state index in [1.165, 1.54) is 24.3 Å². The fourth-order valence-corrected chi connectivity index (χ4v) is 5.84. The van der Waals surface area contributed by atoms with Crippen molar-refractivity contribution in [3.05, 3.63) is 99.9 Å². The van der Waals surface area contributed by atoms with Gasteiger partial charge in [-0.1, -0.05) is 24.3 Å². The summed E-state index contributed by atoms with van der Waals surface area (Å²) in [6.45, 7) is 4.17. The molecule has 0 fully saturated rings. The summed E-state index contributed by atoms with van der Waals surface area (Å²) in [6, 6.07) is 15.2. The SMILES string of the molecule is CCOC(=O)CCc1cccc(C(C)(CCCO)c2cnc(-c3cc(Oc4c(F)cc5[nH]ccc5c4Br)ccc3F)[nH]2)c1. The quantitative estimate of drug-likeness (QED) is 0.119. The number of aromatic nitrogens is 3. The lowest BCUT2D eigenvalue weighted by molar-refractivity contribution is -0.143. The lowest BCUT2D eigenvalue weighted by atomic mass is 9.75. The largest absolute Gasteiger partial charge is 0.466 e. The van der Waals surface area contributed by atoms with Crippen molar-refractivity contribution >= 4 is 32.8 Å². The highest BCUT2D eigenvalue weighted by Gasteiger charge is 2.31. The number of fused-ring (bicyclic) bond motifs is 1. The molecule has 0 radical (unpaired) electrons. The van der Waals surface area contributed by atoms with Crippen molar-refractivity contribution in [3.63, 3.8) is 0 Å². The number of rotatable bonds is 12. The lowest BCUT2D eigenvalue weighted by Gasteiger charge is -2.29. The first-order valence-electron chi connectivity index (χ1n) is 14.1. The molecule has 1 unspecified atom stereocenters. The first-order valence-corrected chi connectivity index (χ1v) is 14.9. The fourth-order valence-electron chi connectivity index (χ4n) is 5.23. The maximum atomic E-state index is 15.1. The number of carbonyl (C=O) groups is 1. The molecule has 2 aromatic heterocycles. The van der Waals surface area contributed by atoms with Gasteiger partial charge in [-0.2, -0.15) is 0 Å². The van der Waals surface area contributed by atoms with Gasteiger partial charge in [-0.25, -0.2) is 13.8 Å². The van der Waals surface area contributed by atoms with Crippen LogP contribution in [0.1, 0.15) is 49.9 Å². The minimum absolute atomic E-state index is 0.00775. The van der Waals surface area contributed by atoms with E-state index < -0.39 is 17.0 Å². The summed E-state index contributed by atoms with van der Waals surface area (Å²) >= 11 is 3.43. The van der Waals surface area contributed by atoms with E-state index in [-0.39, 0.29) is 41.9 Å². The van der Waals surface area contributed by atoms with Crippen LogP contribution in [-0.2, 0) is 21.4 Å². The van der Waals surface area contributed by atoms with Crippen LogP contribution in [0.3, 0.4) is 0 Å². The molecule has 5 aromatic rings. The number of hydrogen-bond donors (Lipinski definition) is 3. The number of benzene rings is 3. The molecule has 0 spiro atoms. The van der Waals surface area contributed by atoms with E-state index in [1.54, 1.807) is 25.4 Å². The van der Waals surface area contributed by atoms with Gasteiger partial charge in [0.15, 0.2) is 11.6 Å². The second-order valence-electron chi connectivity index (χ2n) is 10.5. The number of nitrogens with one attached hydrogen (secondary N) is 2. The highest BCUT2D eigenvalue weighted by molar-refractivity contribution is 9.10. The highest BCUT2D eigenvalue weighted by atomic mass is 79.9. The Hall–Kier alpha value is -4.02. The van der Waals surface area contributed by atoms with Gasteiger partial charge >= 0.3 is 5.97 Å². The third-order valence-electron chi connectivity index (χ3n) is 7.61. The van der Waals surface area contributed by atoms with E-state index >= 15 is 4.39 Å². The van der Waals surface area contributed by atoms with Gasteiger partial charge in [0.05, 0.1) is 16.6 Å². The number of aliphatic hydroxyl groups excluding tert-OH is 1. The average Bonchev–Trinajstić information content (AvgIpc) is 3.69. The molecule has 43 heavy (non-hydrogen) atoms. The van der Waals surface area contributed by atoms with Crippen LogP contribution in [0, 0.1) is 11.6 Å². The molecule has 0 saturated carbocycles. The Balaban J connectivity index is 1.45. The number of halogens is 3. The van der Waals surface area contributed by atoms with Gasteiger partial charge in [-0.05, 0) is 84.4 Å². The van der Waals surface area contributed by atoms with E-state index in [0.29, 0.717) is 35.9 Å². The first-order chi connectivity index (χ1) is 20.7. The summed E-state index contributed by atoms with van der Waals surface area (Å²) in [5.74, 6) is -0.829. The van der Waals surface area contributed by atoms with Crippen molar-refractivity contribution in [2.24, 2.45) is 0 Å². The van der Waals surface area contributed by atoms with Crippen molar-refractivity contribution in [2.45, 2.75) is 44.9 Å². The Morgan fingerprint density at radius 2 is 1.95 bits per heavy atom. The predicted molar refractivity (Wildman–Crippen MR) is 164 cm³/mol. The van der Waals surface area contributed by atoms with Crippen molar-refractivity contribution < 1.29 is 28.2 Å². The molecular weight excluding hydrogens is 620 g/mol. The minimum atomic E-state index is -0.599. The smallest absolute Gasteiger partial charge is 0.306 e. The Bertz CT molecular complexity index is 1750. The molecule has 0 aliphatic carbocycles.